The molecule has 0 aliphatic rings. The van der Waals surface area contributed by atoms with E-state index in [1.54, 1.807) is 46.7 Å². The number of hydrogen-bond acceptors (Lipinski definition) is 0. The van der Waals surface area contributed by atoms with Gasteiger partial charge in [-0.15, -0.1) is 138 Å². The Balaban J connectivity index is 0.000000131. The number of unbranched alkanes of at least 4 members (excludes halogenated alkanes) is 4. The number of fused-ring (bicyclic) bond motifs is 12. The predicted molar refractivity (Wildman–Crippen MR) is 509 cm³/mol. The van der Waals surface area contributed by atoms with Gasteiger partial charge in [-0.05, 0) is 158 Å². The van der Waals surface area contributed by atoms with Gasteiger partial charge in [0.2, 0.25) is 0 Å². The van der Waals surface area contributed by atoms with E-state index < -0.39 is 0 Å². The maximum absolute atomic E-state index is 2.41. The van der Waals surface area contributed by atoms with E-state index in [2.05, 4.69) is 394 Å². The molecule has 0 saturated heterocycles. The summed E-state index contributed by atoms with van der Waals surface area (Å²) in [5.41, 5.74) is 17.1. The maximum Gasteiger partial charge on any atom is -1.00 e. The molecule has 20 rings (SSSR count). The van der Waals surface area contributed by atoms with Gasteiger partial charge < -0.3 is 24.8 Å². The van der Waals surface area contributed by atoms with Crippen LogP contribution in [-0.4, -0.2) is 10.9 Å². The zero-order valence-corrected chi connectivity index (χ0v) is 78.0. The second-order valence-corrected chi connectivity index (χ2v) is 50.6. The molecule has 20 aromatic carbocycles. The molecule has 0 unspecified atom stereocenters. The van der Waals surface area contributed by atoms with E-state index in [-0.39, 0.29) is 35.7 Å². The summed E-state index contributed by atoms with van der Waals surface area (Å²) in [5.74, 6) is 0. The third-order valence-corrected chi connectivity index (χ3v) is 22.7. The van der Waals surface area contributed by atoms with Gasteiger partial charge in [0.15, 0.2) is 0 Å². The Labute approximate surface area is 741 Å². The van der Waals surface area contributed by atoms with Crippen LogP contribution in [0.5, 0.6) is 0 Å². The fourth-order valence-electron chi connectivity index (χ4n) is 17.4. The molecule has 0 amide bonds. The van der Waals surface area contributed by atoms with Crippen LogP contribution in [0.25, 0.3) is 174 Å². The Morgan fingerprint density at radius 1 is 0.212 bits per heavy atom. The third kappa shape index (κ3) is 19.6. The van der Waals surface area contributed by atoms with Gasteiger partial charge in [-0.1, -0.05) is 320 Å². The maximum atomic E-state index is 2.41. The average molecular weight is 1760 g/mol. The van der Waals surface area contributed by atoms with Crippen molar-refractivity contribution in [1.29, 1.82) is 0 Å². The zero-order valence-electron chi connectivity index (χ0n) is 69.6. The largest absolute Gasteiger partial charge is 1.00 e. The molecule has 0 bridgehead atoms. The van der Waals surface area contributed by atoms with Crippen LogP contribution in [0.3, 0.4) is 0 Å². The molecule has 584 valence electrons. The van der Waals surface area contributed by atoms with Gasteiger partial charge in [-0.25, -0.2) is 0 Å². The minimum absolute atomic E-state index is 0. The second kappa shape index (κ2) is 41.2. The van der Waals surface area contributed by atoms with Crippen molar-refractivity contribution in [2.75, 3.05) is 0 Å². The standard InChI is InChI=1S/4C27H23.2C2H6Si.2ClH.2Zr/c4*1-2-3-9-19-16-20-12-8-15-25(26(20)17-19)27-23-13-6-4-10-21(23)18-22-11-5-7-14-24(22)27;2*1-3-2;;;;/h4*4-8,10-18H,2-3,9H2,1H3;2*1-2H3;2*1H;;/q4*-1;;;;;2*+2/p-2. The van der Waals surface area contributed by atoms with Gasteiger partial charge in [0.1, 0.15) is 0 Å². The van der Waals surface area contributed by atoms with Crippen molar-refractivity contribution in [2.24, 2.45) is 0 Å². The van der Waals surface area contributed by atoms with Crippen LogP contribution in [0.15, 0.2) is 340 Å². The minimum atomic E-state index is 0. The van der Waals surface area contributed by atoms with Crippen LogP contribution in [-0.2, 0) is 72.4 Å². The van der Waals surface area contributed by atoms with Crippen LogP contribution in [0.4, 0.5) is 0 Å². The Kier molecular flexibility index (Phi) is 30.3. The molecule has 6 heteroatoms. The normalized spacial score (nSPS) is 11.1. The van der Waals surface area contributed by atoms with Crippen LogP contribution < -0.4 is 24.8 Å². The van der Waals surface area contributed by atoms with Crippen molar-refractivity contribution in [3.8, 4) is 44.5 Å². The first-order valence-electron chi connectivity index (χ1n) is 42.3. The first-order chi connectivity index (χ1) is 56.9. The summed E-state index contributed by atoms with van der Waals surface area (Å²) in [6.45, 7) is 18.3. The molecule has 0 heterocycles. The van der Waals surface area contributed by atoms with Gasteiger partial charge >= 0.3 is 83.7 Å². The monoisotopic (exact) mass is 1750 g/mol. The molecule has 20 aromatic rings. The van der Waals surface area contributed by atoms with Gasteiger partial charge in [0.25, 0.3) is 0 Å². The molecule has 0 aliphatic carbocycles. The number of aryl methyl sites for hydroxylation is 4. The Morgan fingerprint density at radius 3 is 0.534 bits per heavy atom. The third-order valence-electron chi connectivity index (χ3n) is 22.7. The topological polar surface area (TPSA) is 0 Å². The second-order valence-electron chi connectivity index (χ2n) is 31.9. The molecule has 0 aliphatic heterocycles. The van der Waals surface area contributed by atoms with Crippen LogP contribution in [0.2, 0.25) is 26.2 Å². The molecule has 0 N–H and O–H groups in total. The molecule has 0 atom stereocenters. The molecule has 0 fully saturated rings. The van der Waals surface area contributed by atoms with E-state index in [9.17, 15) is 0 Å². The van der Waals surface area contributed by atoms with Crippen molar-refractivity contribution in [1.82, 2.24) is 0 Å². The molecule has 0 aromatic heterocycles. The van der Waals surface area contributed by atoms with Crippen LogP contribution in [0, 0.1) is 0 Å². The Morgan fingerprint density at radius 2 is 0.373 bits per heavy atom. The SMILES string of the molecule is CCCCc1cc2c(-c3c4ccccc4cc4ccccc34)cccc2[cH-]1.CCCCc1cc2c(-c3c4ccccc4cc4ccccc34)cccc2[cH-]1.CCCCc1cc2c(-c3c4ccccc4cc4ccccc34)cccc2[cH-]1.CCCCc1cc2c(-c3c4ccccc4cc4ccccc34)cccc2[cH-]1.C[Si](C)=[Zr+2].C[Si](C)=[Zr+2].[Cl-].[Cl-]. The van der Waals surface area contributed by atoms with Crippen molar-refractivity contribution >= 4 is 140 Å². The fourth-order valence-corrected chi connectivity index (χ4v) is 17.4. The number of benzene rings is 16. The van der Waals surface area contributed by atoms with E-state index in [0.29, 0.717) is 0 Å². The van der Waals surface area contributed by atoms with Crippen molar-refractivity contribution in [2.45, 2.75) is 131 Å². The quantitative estimate of drug-likeness (QED) is 0.0514. The number of halogens is 2. The van der Waals surface area contributed by atoms with E-state index in [0.717, 1.165) is 0 Å². The van der Waals surface area contributed by atoms with E-state index in [4.69, 9.17) is 0 Å². The van der Waals surface area contributed by atoms with Crippen LogP contribution in [0.1, 0.15) is 101 Å². The Hall–Kier alpha value is -9.18. The summed E-state index contributed by atoms with van der Waals surface area (Å²) in [6.07, 6.45) is 14.6. The molecular weight excluding hydrogens is 1650 g/mol. The van der Waals surface area contributed by atoms with E-state index in [1.165, 1.54) is 273 Å². The summed E-state index contributed by atoms with van der Waals surface area (Å²) in [5, 5.41) is 32.1. The molecule has 0 nitrogen and oxygen atoms in total. The molecule has 0 saturated carbocycles. The van der Waals surface area contributed by atoms with Crippen molar-refractivity contribution in [3.63, 3.8) is 0 Å². The Bertz CT molecular complexity index is 5860. The molecular formula is C112H104Cl2Si2Zr2-2. The smallest absolute Gasteiger partial charge is 1.00 e. The average Bonchev–Trinajstić information content (AvgIpc) is 1.29. The predicted octanol–water partition coefficient (Wildman–Crippen LogP) is 27.1. The van der Waals surface area contributed by atoms with Gasteiger partial charge in [0, 0.05) is 0 Å². The van der Waals surface area contributed by atoms with E-state index in [1.807, 2.05) is 0 Å². The molecule has 0 spiro atoms. The van der Waals surface area contributed by atoms with Gasteiger partial charge in [0.05, 0.1) is 0 Å². The van der Waals surface area contributed by atoms with Crippen molar-refractivity contribution in [3.05, 3.63) is 362 Å². The minimum Gasteiger partial charge on any atom is -1.00 e. The summed E-state index contributed by atoms with van der Waals surface area (Å²) in [6, 6.07) is 126. The summed E-state index contributed by atoms with van der Waals surface area (Å²) >= 11 is 3.48. The first-order valence-corrected chi connectivity index (χ1v) is 54.6. The first kappa shape index (κ1) is 86.7. The molecule has 118 heavy (non-hydrogen) atoms. The van der Waals surface area contributed by atoms with Crippen molar-refractivity contribution < 1.29 is 71.5 Å². The summed E-state index contributed by atoms with van der Waals surface area (Å²) in [7, 11) is 0. The van der Waals surface area contributed by atoms with Gasteiger partial charge in [-0.2, -0.15) is 24.3 Å². The van der Waals surface area contributed by atoms with Crippen LogP contribution >= 0.6 is 0 Å². The fraction of sp³-hybridized carbons (Fsp3) is 0.179. The van der Waals surface area contributed by atoms with E-state index >= 15 is 0 Å². The zero-order chi connectivity index (χ0) is 80.0. The van der Waals surface area contributed by atoms with Gasteiger partial charge in [-0.3, -0.25) is 0 Å². The number of hydrogen-bond donors (Lipinski definition) is 0. The summed E-state index contributed by atoms with van der Waals surface area (Å²) < 4.78 is 0. The summed E-state index contributed by atoms with van der Waals surface area (Å²) in [4.78, 5) is 0. The molecule has 0 radical (unpaired) electrons. The number of rotatable bonds is 16.